The van der Waals surface area contributed by atoms with E-state index in [0.717, 1.165) is 28.2 Å². The van der Waals surface area contributed by atoms with Gasteiger partial charge in [0.2, 0.25) is 10.0 Å². The quantitative estimate of drug-likeness (QED) is 0.390. The number of carbonyl (C=O) groups excluding carboxylic acids is 1. The minimum absolute atomic E-state index is 0.128. The number of hydrogen-bond acceptors (Lipinski definition) is 4. The highest BCUT2D eigenvalue weighted by Crippen LogP contribution is 2.23. The zero-order chi connectivity index (χ0) is 24.7. The van der Waals surface area contributed by atoms with Gasteiger partial charge in [-0.25, -0.2) is 8.42 Å². The lowest BCUT2D eigenvalue weighted by Crippen LogP contribution is -2.29. The van der Waals surface area contributed by atoms with Crippen LogP contribution in [0.2, 0.25) is 0 Å². The van der Waals surface area contributed by atoms with Crippen LogP contribution in [0.3, 0.4) is 0 Å². The predicted molar refractivity (Wildman–Crippen MR) is 143 cm³/mol. The molecule has 0 bridgehead atoms. The van der Waals surface area contributed by atoms with Gasteiger partial charge in [-0.3, -0.25) is 9.10 Å². The van der Waals surface area contributed by atoms with Gasteiger partial charge in [0.15, 0.2) is 0 Å². The standard InChI is InChI=1S/C27H32N2O3S2/c1-20-9-14-26(17-22(20)3)29(34(4,31)32)18-23-10-12-24(13-11-23)27(30)28-15-16-33-19-25-8-6-5-7-21(25)2/h5-14,17H,15-16,18-19H2,1-4H3,(H,28,30). The molecular formula is C27H32N2O3S2. The lowest BCUT2D eigenvalue weighted by atomic mass is 10.1. The van der Waals surface area contributed by atoms with Crippen molar-refractivity contribution in [3.8, 4) is 0 Å². The van der Waals surface area contributed by atoms with Crippen LogP contribution in [0.4, 0.5) is 5.69 Å². The van der Waals surface area contributed by atoms with Crippen LogP contribution in [0.1, 0.15) is 38.2 Å². The molecule has 0 heterocycles. The zero-order valence-corrected chi connectivity index (χ0v) is 21.8. The molecule has 1 N–H and O–H groups in total. The molecule has 34 heavy (non-hydrogen) atoms. The van der Waals surface area contributed by atoms with Crippen LogP contribution in [0.5, 0.6) is 0 Å². The number of benzene rings is 3. The van der Waals surface area contributed by atoms with Gasteiger partial charge in [-0.05, 0) is 72.9 Å². The zero-order valence-electron chi connectivity index (χ0n) is 20.2. The van der Waals surface area contributed by atoms with Crippen LogP contribution in [0, 0.1) is 20.8 Å². The first-order valence-electron chi connectivity index (χ1n) is 11.2. The Morgan fingerprint density at radius 1 is 0.912 bits per heavy atom. The number of rotatable bonds is 10. The molecule has 0 atom stereocenters. The van der Waals surface area contributed by atoms with Gasteiger partial charge in [0.25, 0.3) is 5.91 Å². The Bertz CT molecular complexity index is 1240. The van der Waals surface area contributed by atoms with Crippen molar-refractivity contribution >= 4 is 33.4 Å². The summed E-state index contributed by atoms with van der Waals surface area (Å²) < 4.78 is 26.3. The van der Waals surface area contributed by atoms with Crippen molar-refractivity contribution in [3.63, 3.8) is 0 Å². The van der Waals surface area contributed by atoms with Gasteiger partial charge in [0, 0.05) is 23.6 Å². The maximum Gasteiger partial charge on any atom is 0.251 e. The van der Waals surface area contributed by atoms with Crippen LogP contribution in [-0.4, -0.2) is 32.9 Å². The van der Waals surface area contributed by atoms with Gasteiger partial charge in [-0.2, -0.15) is 11.8 Å². The first-order valence-corrected chi connectivity index (χ1v) is 14.2. The lowest BCUT2D eigenvalue weighted by Gasteiger charge is -2.23. The number of amides is 1. The number of carbonyl (C=O) groups is 1. The summed E-state index contributed by atoms with van der Waals surface area (Å²) in [5, 5.41) is 2.96. The van der Waals surface area contributed by atoms with Crippen molar-refractivity contribution < 1.29 is 13.2 Å². The molecule has 3 rings (SSSR count). The van der Waals surface area contributed by atoms with Crippen LogP contribution < -0.4 is 9.62 Å². The smallest absolute Gasteiger partial charge is 0.251 e. The van der Waals surface area contributed by atoms with E-state index in [0.29, 0.717) is 17.8 Å². The topological polar surface area (TPSA) is 66.5 Å². The molecule has 0 aliphatic heterocycles. The molecule has 3 aromatic rings. The van der Waals surface area contributed by atoms with Gasteiger partial charge in [-0.15, -0.1) is 0 Å². The Balaban J connectivity index is 1.55. The third-order valence-electron chi connectivity index (χ3n) is 5.77. The van der Waals surface area contributed by atoms with E-state index in [1.54, 1.807) is 36.0 Å². The Kier molecular flexibility index (Phi) is 8.80. The second-order valence-electron chi connectivity index (χ2n) is 8.47. The third kappa shape index (κ3) is 7.11. The molecule has 7 heteroatoms. The van der Waals surface area contributed by atoms with Gasteiger partial charge in [0.05, 0.1) is 18.5 Å². The molecule has 0 aliphatic rings. The largest absolute Gasteiger partial charge is 0.351 e. The second kappa shape index (κ2) is 11.6. The highest BCUT2D eigenvalue weighted by molar-refractivity contribution is 7.98. The second-order valence-corrected chi connectivity index (χ2v) is 11.5. The molecule has 1 amide bonds. The highest BCUT2D eigenvalue weighted by atomic mass is 32.2. The lowest BCUT2D eigenvalue weighted by molar-refractivity contribution is 0.0956. The molecule has 0 unspecified atom stereocenters. The maximum atomic E-state index is 12.5. The van der Waals surface area contributed by atoms with E-state index in [9.17, 15) is 13.2 Å². The minimum atomic E-state index is -3.46. The van der Waals surface area contributed by atoms with Crippen molar-refractivity contribution in [1.82, 2.24) is 5.32 Å². The van der Waals surface area contributed by atoms with Crippen LogP contribution in [0.25, 0.3) is 0 Å². The predicted octanol–water partition coefficient (Wildman–Crippen LogP) is 5.24. The van der Waals surface area contributed by atoms with E-state index in [4.69, 9.17) is 0 Å². The van der Waals surface area contributed by atoms with Crippen LogP contribution in [0.15, 0.2) is 66.7 Å². The molecule has 0 aliphatic carbocycles. The van der Waals surface area contributed by atoms with E-state index >= 15 is 0 Å². The number of hydrogen-bond donors (Lipinski definition) is 1. The maximum absolute atomic E-state index is 12.5. The summed E-state index contributed by atoms with van der Waals surface area (Å²) in [7, 11) is -3.46. The molecule has 0 saturated heterocycles. The first kappa shape index (κ1) is 25.8. The molecule has 0 fully saturated rings. The summed E-state index contributed by atoms with van der Waals surface area (Å²) in [5.41, 5.74) is 6.76. The fourth-order valence-corrected chi connectivity index (χ4v) is 5.32. The summed E-state index contributed by atoms with van der Waals surface area (Å²) >= 11 is 1.79. The minimum Gasteiger partial charge on any atom is -0.351 e. The summed E-state index contributed by atoms with van der Waals surface area (Å²) in [6.07, 6.45) is 1.21. The van der Waals surface area contributed by atoms with Gasteiger partial charge < -0.3 is 5.32 Å². The molecule has 3 aromatic carbocycles. The number of thioether (sulfide) groups is 1. The molecule has 180 valence electrons. The number of sulfonamides is 1. The average molecular weight is 497 g/mol. The van der Waals surface area contributed by atoms with E-state index in [1.165, 1.54) is 21.7 Å². The molecule has 5 nitrogen and oxygen atoms in total. The van der Waals surface area contributed by atoms with Gasteiger partial charge in [-0.1, -0.05) is 42.5 Å². The fourth-order valence-electron chi connectivity index (χ4n) is 3.50. The molecule has 0 radical (unpaired) electrons. The SMILES string of the molecule is Cc1ccc(N(Cc2ccc(C(=O)NCCSCc3ccccc3C)cc2)S(C)(=O)=O)cc1C. The van der Waals surface area contributed by atoms with E-state index < -0.39 is 10.0 Å². The van der Waals surface area contributed by atoms with Gasteiger partial charge >= 0.3 is 0 Å². The number of nitrogens with one attached hydrogen (secondary N) is 1. The van der Waals surface area contributed by atoms with Crippen molar-refractivity contribution in [2.75, 3.05) is 22.9 Å². The van der Waals surface area contributed by atoms with E-state index in [1.807, 2.05) is 44.2 Å². The van der Waals surface area contributed by atoms with Crippen molar-refractivity contribution in [1.29, 1.82) is 0 Å². The summed E-state index contributed by atoms with van der Waals surface area (Å²) in [4.78, 5) is 12.5. The van der Waals surface area contributed by atoms with Crippen LogP contribution in [-0.2, 0) is 22.3 Å². The summed E-state index contributed by atoms with van der Waals surface area (Å²) in [5.74, 6) is 1.63. The monoisotopic (exact) mass is 496 g/mol. The average Bonchev–Trinajstić information content (AvgIpc) is 2.80. The number of nitrogens with zero attached hydrogens (tertiary/aromatic N) is 1. The van der Waals surface area contributed by atoms with Crippen molar-refractivity contribution in [3.05, 3.63) is 100 Å². The Morgan fingerprint density at radius 2 is 1.62 bits per heavy atom. The number of aryl methyl sites for hydroxylation is 3. The normalized spacial score (nSPS) is 11.3. The van der Waals surface area contributed by atoms with Crippen molar-refractivity contribution in [2.45, 2.75) is 33.1 Å². The van der Waals surface area contributed by atoms with Crippen molar-refractivity contribution in [2.24, 2.45) is 0 Å². The Morgan fingerprint density at radius 3 is 2.26 bits per heavy atom. The highest BCUT2D eigenvalue weighted by Gasteiger charge is 2.18. The van der Waals surface area contributed by atoms with Gasteiger partial charge in [0.1, 0.15) is 0 Å². The Labute approximate surface area is 207 Å². The van der Waals surface area contributed by atoms with E-state index in [-0.39, 0.29) is 12.5 Å². The molecule has 0 spiro atoms. The molecular weight excluding hydrogens is 464 g/mol. The third-order valence-corrected chi connectivity index (χ3v) is 7.92. The first-order chi connectivity index (χ1) is 16.1. The van der Waals surface area contributed by atoms with Crippen LogP contribution >= 0.6 is 11.8 Å². The summed E-state index contributed by atoms with van der Waals surface area (Å²) in [6, 6.07) is 21.1. The molecule has 0 saturated carbocycles. The molecule has 0 aromatic heterocycles. The van der Waals surface area contributed by atoms with E-state index in [2.05, 4.69) is 24.4 Å². The Hall–Kier alpha value is -2.77. The number of anilines is 1. The summed E-state index contributed by atoms with van der Waals surface area (Å²) in [6.45, 7) is 6.87. The fraction of sp³-hybridized carbons (Fsp3) is 0.296.